The Morgan fingerprint density at radius 2 is 1.91 bits per heavy atom. The summed E-state index contributed by atoms with van der Waals surface area (Å²) in [6.45, 7) is 8.45. The van der Waals surface area contributed by atoms with Crippen molar-refractivity contribution >= 4 is 17.8 Å². The van der Waals surface area contributed by atoms with Crippen molar-refractivity contribution in [2.75, 3.05) is 40.3 Å². The van der Waals surface area contributed by atoms with Crippen molar-refractivity contribution < 1.29 is 14.3 Å². The van der Waals surface area contributed by atoms with Crippen molar-refractivity contribution in [1.82, 2.24) is 15.5 Å². The lowest BCUT2D eigenvalue weighted by atomic mass is 9.92. The Bertz CT molecular complexity index is 441. The molecule has 1 fully saturated rings. The molecule has 0 radical (unpaired) electrons. The zero-order valence-electron chi connectivity index (χ0n) is 14.9. The molecule has 0 aromatic heterocycles. The second-order valence-electron chi connectivity index (χ2n) is 6.42. The average Bonchev–Trinajstić information content (AvgIpc) is 2.57. The number of hydrogen-bond acceptors (Lipinski definition) is 4. The van der Waals surface area contributed by atoms with Crippen LogP contribution in [0.3, 0.4) is 0 Å². The molecule has 1 aliphatic heterocycles. The number of nitrogens with one attached hydrogen (secondary N) is 2. The fraction of sp³-hybridized carbons (Fsp3) is 0.812. The average molecular weight is 326 g/mol. The minimum atomic E-state index is -0.556. The van der Waals surface area contributed by atoms with E-state index in [2.05, 4.69) is 20.5 Å². The number of carbonyl (C=O) groups is 2. The predicted molar refractivity (Wildman–Crippen MR) is 90.1 cm³/mol. The molecule has 7 nitrogen and oxygen atoms in total. The molecule has 0 aromatic rings. The van der Waals surface area contributed by atoms with Gasteiger partial charge < -0.3 is 20.3 Å². The van der Waals surface area contributed by atoms with E-state index in [0.29, 0.717) is 6.54 Å². The van der Waals surface area contributed by atoms with Crippen LogP contribution < -0.4 is 10.6 Å². The molecule has 132 valence electrons. The Morgan fingerprint density at radius 3 is 2.39 bits per heavy atom. The van der Waals surface area contributed by atoms with Crippen LogP contribution in [-0.4, -0.2) is 63.1 Å². The third-order valence-electron chi connectivity index (χ3n) is 4.13. The van der Waals surface area contributed by atoms with Crippen LogP contribution >= 0.6 is 0 Å². The summed E-state index contributed by atoms with van der Waals surface area (Å²) in [6, 6.07) is 0. The summed E-state index contributed by atoms with van der Waals surface area (Å²) >= 11 is 0. The molecule has 0 spiro atoms. The third kappa shape index (κ3) is 5.41. The largest absolute Gasteiger partial charge is 0.469 e. The molecule has 1 amide bonds. The van der Waals surface area contributed by atoms with Crippen LogP contribution in [-0.2, 0) is 14.3 Å². The number of likely N-dealkylation sites (tertiary alicyclic amines) is 1. The van der Waals surface area contributed by atoms with E-state index in [1.807, 2.05) is 20.8 Å². The van der Waals surface area contributed by atoms with Crippen molar-refractivity contribution in [2.45, 2.75) is 33.6 Å². The number of esters is 1. The number of guanidine groups is 1. The first kappa shape index (κ1) is 19.3. The minimum Gasteiger partial charge on any atom is -0.469 e. The summed E-state index contributed by atoms with van der Waals surface area (Å²) in [7, 11) is 3.07. The predicted octanol–water partition coefficient (Wildman–Crippen LogP) is 0.609. The number of piperidine rings is 1. The van der Waals surface area contributed by atoms with Gasteiger partial charge in [0.1, 0.15) is 0 Å². The van der Waals surface area contributed by atoms with Crippen molar-refractivity contribution in [1.29, 1.82) is 0 Å². The zero-order valence-corrected chi connectivity index (χ0v) is 14.9. The van der Waals surface area contributed by atoms with Crippen molar-refractivity contribution in [3.05, 3.63) is 0 Å². The van der Waals surface area contributed by atoms with Gasteiger partial charge in [-0.3, -0.25) is 14.6 Å². The van der Waals surface area contributed by atoms with Crippen LogP contribution in [0.2, 0.25) is 0 Å². The maximum atomic E-state index is 11.9. The van der Waals surface area contributed by atoms with Gasteiger partial charge >= 0.3 is 5.97 Å². The first-order valence-electron chi connectivity index (χ1n) is 8.19. The summed E-state index contributed by atoms with van der Waals surface area (Å²) in [6.07, 6.45) is 1.52. The van der Waals surface area contributed by atoms with Crippen LogP contribution in [0.15, 0.2) is 4.99 Å². The Kier molecular flexibility index (Phi) is 7.32. The van der Waals surface area contributed by atoms with Gasteiger partial charge in [0.2, 0.25) is 5.91 Å². The summed E-state index contributed by atoms with van der Waals surface area (Å²) in [5, 5.41) is 5.94. The van der Waals surface area contributed by atoms with Gasteiger partial charge in [-0.15, -0.1) is 0 Å². The van der Waals surface area contributed by atoms with Crippen molar-refractivity contribution in [3.8, 4) is 0 Å². The number of amides is 1. The summed E-state index contributed by atoms with van der Waals surface area (Å²) in [5.74, 6) is 0.614. The zero-order chi connectivity index (χ0) is 17.5. The molecule has 0 aromatic carbocycles. The standard InChI is InChI=1S/C16H30N4O3/c1-6-18-15(19-11-16(2,3)14(22)17-4)20-9-7-12(8-10-20)13(21)23-5/h12H,6-11H2,1-5H3,(H,17,22)(H,18,19). The van der Waals surface area contributed by atoms with E-state index in [-0.39, 0.29) is 17.8 Å². The molecule has 23 heavy (non-hydrogen) atoms. The molecule has 0 aliphatic carbocycles. The fourth-order valence-electron chi connectivity index (χ4n) is 2.60. The van der Waals surface area contributed by atoms with E-state index < -0.39 is 5.41 Å². The monoisotopic (exact) mass is 326 g/mol. The van der Waals surface area contributed by atoms with Gasteiger partial charge in [0.05, 0.1) is 25.0 Å². The maximum Gasteiger partial charge on any atom is 0.308 e. The smallest absolute Gasteiger partial charge is 0.308 e. The molecule has 2 N–H and O–H groups in total. The lowest BCUT2D eigenvalue weighted by Crippen LogP contribution is -2.47. The summed E-state index contributed by atoms with van der Waals surface area (Å²) in [5.41, 5.74) is -0.556. The number of rotatable bonds is 5. The van der Waals surface area contributed by atoms with Gasteiger partial charge in [-0.2, -0.15) is 0 Å². The topological polar surface area (TPSA) is 83.0 Å². The highest BCUT2D eigenvalue weighted by Crippen LogP contribution is 2.20. The van der Waals surface area contributed by atoms with Gasteiger partial charge in [0.25, 0.3) is 0 Å². The van der Waals surface area contributed by atoms with Crippen molar-refractivity contribution in [2.24, 2.45) is 16.3 Å². The molecular formula is C16H30N4O3. The van der Waals surface area contributed by atoms with Gasteiger partial charge in [-0.25, -0.2) is 0 Å². The van der Waals surface area contributed by atoms with Gasteiger partial charge in [0, 0.05) is 26.7 Å². The quantitative estimate of drug-likeness (QED) is 0.439. The first-order chi connectivity index (χ1) is 10.9. The number of ether oxygens (including phenoxy) is 1. The molecule has 1 saturated heterocycles. The molecule has 1 aliphatic rings. The first-order valence-corrected chi connectivity index (χ1v) is 8.19. The molecule has 1 rings (SSSR count). The van der Waals surface area contributed by atoms with E-state index in [0.717, 1.165) is 38.4 Å². The fourth-order valence-corrected chi connectivity index (χ4v) is 2.60. The molecule has 0 atom stereocenters. The van der Waals surface area contributed by atoms with Crippen LogP contribution in [0.25, 0.3) is 0 Å². The second kappa shape index (κ2) is 8.74. The lowest BCUT2D eigenvalue weighted by Gasteiger charge is -2.33. The SMILES string of the molecule is CCNC(=NCC(C)(C)C(=O)NC)N1CCC(C(=O)OC)CC1. The van der Waals surface area contributed by atoms with Crippen LogP contribution in [0.4, 0.5) is 0 Å². The summed E-state index contributed by atoms with van der Waals surface area (Å²) in [4.78, 5) is 30.2. The van der Waals surface area contributed by atoms with Crippen LogP contribution in [0.5, 0.6) is 0 Å². The minimum absolute atomic E-state index is 0.0264. The number of carbonyl (C=O) groups excluding carboxylic acids is 2. The van der Waals surface area contributed by atoms with E-state index in [1.165, 1.54) is 7.11 Å². The number of hydrogen-bond donors (Lipinski definition) is 2. The molecule has 7 heteroatoms. The Balaban J connectivity index is 2.70. The number of methoxy groups -OCH3 is 1. The van der Waals surface area contributed by atoms with Gasteiger partial charge in [0.15, 0.2) is 5.96 Å². The Labute approximate surface area is 138 Å². The third-order valence-corrected chi connectivity index (χ3v) is 4.13. The Hall–Kier alpha value is -1.79. The van der Waals surface area contributed by atoms with Crippen LogP contribution in [0.1, 0.15) is 33.6 Å². The van der Waals surface area contributed by atoms with E-state index >= 15 is 0 Å². The maximum absolute atomic E-state index is 11.9. The molecule has 1 heterocycles. The normalized spacial score (nSPS) is 16.9. The Morgan fingerprint density at radius 1 is 1.30 bits per heavy atom. The summed E-state index contributed by atoms with van der Waals surface area (Å²) < 4.78 is 4.82. The van der Waals surface area contributed by atoms with Gasteiger partial charge in [-0.1, -0.05) is 0 Å². The lowest BCUT2D eigenvalue weighted by molar-refractivity contribution is -0.146. The number of nitrogens with zero attached hydrogens (tertiary/aromatic N) is 2. The van der Waals surface area contributed by atoms with Crippen molar-refractivity contribution in [3.63, 3.8) is 0 Å². The highest BCUT2D eigenvalue weighted by molar-refractivity contribution is 5.83. The molecule has 0 saturated carbocycles. The molecule has 0 unspecified atom stereocenters. The molecular weight excluding hydrogens is 296 g/mol. The van der Waals surface area contributed by atoms with E-state index in [1.54, 1.807) is 7.05 Å². The molecule has 0 bridgehead atoms. The second-order valence-corrected chi connectivity index (χ2v) is 6.42. The highest BCUT2D eigenvalue weighted by atomic mass is 16.5. The van der Waals surface area contributed by atoms with E-state index in [4.69, 9.17) is 4.74 Å². The van der Waals surface area contributed by atoms with E-state index in [9.17, 15) is 9.59 Å². The highest BCUT2D eigenvalue weighted by Gasteiger charge is 2.29. The van der Waals surface area contributed by atoms with Crippen LogP contribution in [0, 0.1) is 11.3 Å². The number of aliphatic imine (C=N–C) groups is 1. The van der Waals surface area contributed by atoms with Gasteiger partial charge in [-0.05, 0) is 33.6 Å².